The number of rotatable bonds is 11. The summed E-state index contributed by atoms with van der Waals surface area (Å²) in [5, 5.41) is 4.01. The van der Waals surface area contributed by atoms with Crippen molar-refractivity contribution in [1.82, 2.24) is 29.4 Å². The number of nitrogens with one attached hydrogen (secondary N) is 2. The zero-order valence-electron chi connectivity index (χ0n) is 27.6. The van der Waals surface area contributed by atoms with E-state index in [4.69, 9.17) is 14.3 Å². The third-order valence-corrected chi connectivity index (χ3v) is 7.44. The van der Waals surface area contributed by atoms with E-state index in [1.807, 2.05) is 11.8 Å². The van der Waals surface area contributed by atoms with E-state index < -0.39 is 47.9 Å². The summed E-state index contributed by atoms with van der Waals surface area (Å²) in [4.78, 5) is 21.9. The van der Waals surface area contributed by atoms with Gasteiger partial charge >= 0.3 is 0 Å². The minimum absolute atomic E-state index is 0.0495. The normalized spacial score (nSPS) is 20.8. The van der Waals surface area contributed by atoms with Gasteiger partial charge in [-0.25, -0.2) is 18.1 Å². The minimum atomic E-state index is -4.23. The van der Waals surface area contributed by atoms with Crippen molar-refractivity contribution in [2.75, 3.05) is 26.7 Å². The number of aromatic amines is 1. The van der Waals surface area contributed by atoms with Gasteiger partial charge in [-0.2, -0.15) is 5.10 Å². The summed E-state index contributed by atoms with van der Waals surface area (Å²) in [6, 6.07) is 3.51. The highest BCUT2D eigenvalue weighted by molar-refractivity contribution is 7.89. The van der Waals surface area contributed by atoms with E-state index in [9.17, 15) is 13.2 Å². The van der Waals surface area contributed by atoms with Crippen LogP contribution in [0, 0.1) is 0 Å². The molecule has 0 bridgehead atoms. The van der Waals surface area contributed by atoms with Gasteiger partial charge in [0.1, 0.15) is 17.1 Å². The smallest absolute Gasteiger partial charge is 0.277 e. The number of sulfonamides is 1. The van der Waals surface area contributed by atoms with Crippen molar-refractivity contribution in [1.29, 1.82) is 0 Å². The maximum Gasteiger partial charge on any atom is 0.277 e. The van der Waals surface area contributed by atoms with Gasteiger partial charge in [0.15, 0.2) is 5.52 Å². The Labute approximate surface area is 222 Å². The molecular formula is C25H36N6O4S. The number of nitrogens with zero attached hydrogens (tertiary/aromatic N) is 4. The average Bonchev–Trinajstić information content (AvgIpc) is 3.49. The van der Waals surface area contributed by atoms with Gasteiger partial charge in [-0.3, -0.25) is 9.48 Å². The Morgan fingerprint density at radius 2 is 2.19 bits per heavy atom. The van der Waals surface area contributed by atoms with Crippen molar-refractivity contribution in [2.45, 2.75) is 63.2 Å². The molecule has 2 aromatic heterocycles. The predicted octanol–water partition coefficient (Wildman–Crippen LogP) is 2.83. The van der Waals surface area contributed by atoms with Crippen molar-refractivity contribution in [3.05, 3.63) is 34.2 Å². The molecule has 0 spiro atoms. The molecule has 1 aromatic carbocycles. The van der Waals surface area contributed by atoms with E-state index in [2.05, 4.69) is 19.8 Å². The molecule has 1 aliphatic heterocycles. The summed E-state index contributed by atoms with van der Waals surface area (Å²) in [6.07, 6.45) is -1.92. The molecule has 0 aliphatic carbocycles. The molecular weight excluding hydrogens is 480 g/mol. The largest absolute Gasteiger partial charge is 0.493 e. The van der Waals surface area contributed by atoms with Crippen LogP contribution in [0.15, 0.2) is 27.9 Å². The zero-order valence-corrected chi connectivity index (χ0v) is 21.4. The fourth-order valence-corrected chi connectivity index (χ4v) is 5.16. The van der Waals surface area contributed by atoms with Gasteiger partial charge in [-0.15, -0.1) is 0 Å². The first-order valence-corrected chi connectivity index (χ1v) is 13.3. The van der Waals surface area contributed by atoms with Crippen LogP contribution < -0.4 is 15.0 Å². The van der Waals surface area contributed by atoms with Crippen molar-refractivity contribution in [2.24, 2.45) is 6.98 Å². The third-order valence-electron chi connectivity index (χ3n) is 6.04. The average molecular weight is 524 g/mol. The van der Waals surface area contributed by atoms with Crippen molar-refractivity contribution >= 4 is 21.1 Å². The van der Waals surface area contributed by atoms with Gasteiger partial charge in [0, 0.05) is 29.2 Å². The number of fused-ring (bicyclic) bond motifs is 1. The number of likely N-dealkylation sites (tertiary alicyclic amines) is 1. The molecule has 1 saturated heterocycles. The molecule has 1 unspecified atom stereocenters. The molecule has 1 aliphatic rings. The Hall–Kier alpha value is -2.76. The summed E-state index contributed by atoms with van der Waals surface area (Å²) in [7, 11) is -2.43. The zero-order chi connectivity index (χ0) is 32.0. The van der Waals surface area contributed by atoms with E-state index in [-0.39, 0.29) is 51.8 Å². The lowest BCUT2D eigenvalue weighted by molar-refractivity contribution is 0.297. The van der Waals surface area contributed by atoms with Crippen LogP contribution in [-0.2, 0) is 23.4 Å². The fraction of sp³-hybridized carbons (Fsp3) is 0.560. The Balaban J connectivity index is 1.81. The number of hydrogen-bond donors (Lipinski definition) is 2. The van der Waals surface area contributed by atoms with Crippen LogP contribution in [0.1, 0.15) is 61.1 Å². The quantitative estimate of drug-likeness (QED) is 0.396. The Morgan fingerprint density at radius 3 is 2.89 bits per heavy atom. The van der Waals surface area contributed by atoms with E-state index in [0.29, 0.717) is 17.5 Å². The molecule has 0 radical (unpaired) electrons. The number of benzene rings is 1. The predicted molar refractivity (Wildman–Crippen MR) is 140 cm³/mol. The second-order valence-corrected chi connectivity index (χ2v) is 10.4. The van der Waals surface area contributed by atoms with Gasteiger partial charge in [0.05, 0.1) is 22.8 Å². The molecule has 0 saturated carbocycles. The topological polar surface area (TPSA) is 122 Å². The summed E-state index contributed by atoms with van der Waals surface area (Å²) in [5.74, 6) is 0.0633. The van der Waals surface area contributed by atoms with Crippen molar-refractivity contribution in [3.8, 4) is 17.1 Å². The molecule has 4 rings (SSSR count). The molecule has 3 heterocycles. The maximum absolute atomic E-state index is 13.3. The number of hydrogen-bond acceptors (Lipinski definition) is 7. The van der Waals surface area contributed by atoms with E-state index in [0.717, 1.165) is 13.0 Å². The molecule has 11 heteroatoms. The van der Waals surface area contributed by atoms with Crippen LogP contribution in [-0.4, -0.2) is 65.9 Å². The van der Waals surface area contributed by atoms with Crippen LogP contribution in [0.5, 0.6) is 5.75 Å². The number of aryl methyl sites for hydroxylation is 2. The molecule has 10 nitrogen and oxygen atoms in total. The van der Waals surface area contributed by atoms with Crippen LogP contribution in [0.3, 0.4) is 0 Å². The van der Waals surface area contributed by atoms with Crippen LogP contribution in [0.25, 0.3) is 22.4 Å². The summed E-state index contributed by atoms with van der Waals surface area (Å²) < 4.78 is 91.7. The molecule has 1 atom stereocenters. The standard InChI is InChI=1S/C25H36N6O4S/c1-5-8-20-22-23(31(4)29-20)25(32)28-24(27-22)19-16-18(10-11-21(19)35-15-6-2)36(33,34)26-13-12-17-9-7-14-30(17)3/h10-11,16-17,26H,5-9,12-15H2,1-4H3,(H,27,28,32)/i4D3,5D2,12D2. The first-order chi connectivity index (χ1) is 19.8. The monoisotopic (exact) mass is 523 g/mol. The lowest BCUT2D eigenvalue weighted by Gasteiger charge is -2.19. The fourth-order valence-electron chi connectivity index (χ4n) is 4.20. The van der Waals surface area contributed by atoms with Crippen LogP contribution >= 0.6 is 0 Å². The van der Waals surface area contributed by atoms with Crippen LogP contribution in [0.2, 0.25) is 0 Å². The van der Waals surface area contributed by atoms with E-state index >= 15 is 0 Å². The maximum atomic E-state index is 13.3. The van der Waals surface area contributed by atoms with Gasteiger partial charge in [0.2, 0.25) is 10.0 Å². The van der Waals surface area contributed by atoms with Crippen molar-refractivity contribution < 1.29 is 22.7 Å². The lowest BCUT2D eigenvalue weighted by Crippen LogP contribution is -2.31. The van der Waals surface area contributed by atoms with E-state index in [1.165, 1.54) is 25.1 Å². The SMILES string of the molecule is [2H]C([2H])(C)Cc1nn(C([2H])([2H])[2H])c2c(=O)[nH]c(-c3cc(S(=O)(=O)NCC([2H])([2H])C4CCCN4C)ccc3OCCC)nc12. The first-order valence-electron chi connectivity index (χ1n) is 15.3. The summed E-state index contributed by atoms with van der Waals surface area (Å²) in [5.41, 5.74) is -1.34. The molecule has 2 N–H and O–H groups in total. The van der Waals surface area contributed by atoms with Gasteiger partial charge in [-0.1, -0.05) is 20.2 Å². The van der Waals surface area contributed by atoms with Gasteiger partial charge in [0.25, 0.3) is 5.56 Å². The number of H-pyrrole nitrogens is 1. The first kappa shape index (κ1) is 18.5. The molecule has 1 fully saturated rings. The number of ether oxygens (including phenoxy) is 1. The second-order valence-electron chi connectivity index (χ2n) is 8.67. The molecule has 196 valence electrons. The Morgan fingerprint density at radius 1 is 1.36 bits per heavy atom. The van der Waals surface area contributed by atoms with E-state index in [1.54, 1.807) is 7.05 Å². The summed E-state index contributed by atoms with van der Waals surface area (Å²) >= 11 is 0. The lowest BCUT2D eigenvalue weighted by atomic mass is 10.1. The van der Waals surface area contributed by atoms with Crippen LogP contribution in [0.4, 0.5) is 0 Å². The highest BCUT2D eigenvalue weighted by Crippen LogP contribution is 2.31. The second kappa shape index (κ2) is 11.1. The molecule has 36 heavy (non-hydrogen) atoms. The van der Waals surface area contributed by atoms with Crippen molar-refractivity contribution in [3.63, 3.8) is 0 Å². The van der Waals surface area contributed by atoms with Gasteiger partial charge < -0.3 is 14.6 Å². The van der Waals surface area contributed by atoms with Gasteiger partial charge in [-0.05, 0) is 63.8 Å². The minimum Gasteiger partial charge on any atom is -0.493 e. The Bertz CT molecular complexity index is 1650. The number of aromatic nitrogens is 4. The molecule has 0 amide bonds. The summed E-state index contributed by atoms with van der Waals surface area (Å²) in [6.45, 7) is 0.846. The third kappa shape index (κ3) is 5.47. The Kier molecular flexibility index (Phi) is 5.70. The molecule has 3 aromatic rings. The highest BCUT2D eigenvalue weighted by Gasteiger charge is 2.23. The highest BCUT2D eigenvalue weighted by atomic mass is 32.2.